The number of carbonyl (C=O) groups is 1. The predicted octanol–water partition coefficient (Wildman–Crippen LogP) is 2.56. The summed E-state index contributed by atoms with van der Waals surface area (Å²) in [6.45, 7) is 0. The molecule has 1 amide bonds. The molecule has 0 radical (unpaired) electrons. The Morgan fingerprint density at radius 3 is 2.60 bits per heavy atom. The van der Waals surface area contributed by atoms with Gasteiger partial charge in [-0.05, 0) is 30.3 Å². The summed E-state index contributed by atoms with van der Waals surface area (Å²) in [4.78, 5) is 22.1. The van der Waals surface area contributed by atoms with Gasteiger partial charge in [0.15, 0.2) is 0 Å². The fraction of sp³-hybridized carbons (Fsp3) is 0. The number of hydrogen-bond acceptors (Lipinski definition) is 5. The Balaban J connectivity index is 1.97. The van der Waals surface area contributed by atoms with Gasteiger partial charge < -0.3 is 0 Å². The van der Waals surface area contributed by atoms with Crippen molar-refractivity contribution < 1.29 is 14.1 Å². The predicted molar refractivity (Wildman–Crippen MR) is 72.4 cm³/mol. The van der Waals surface area contributed by atoms with Crippen LogP contribution >= 0.6 is 11.3 Å². The quantitative estimate of drug-likeness (QED) is 0.534. The number of benzene rings is 1. The molecule has 8 heteroatoms. The minimum atomic E-state index is -0.501. The Bertz CT molecular complexity index is 667. The zero-order chi connectivity index (χ0) is 14.5. The summed E-state index contributed by atoms with van der Waals surface area (Å²) in [5.41, 5.74) is 2.51. The van der Waals surface area contributed by atoms with Gasteiger partial charge in [0.2, 0.25) is 0 Å². The Morgan fingerprint density at radius 1 is 1.30 bits per heavy atom. The van der Waals surface area contributed by atoms with E-state index in [4.69, 9.17) is 0 Å². The first-order chi connectivity index (χ1) is 9.56. The molecule has 0 fully saturated rings. The van der Waals surface area contributed by atoms with E-state index >= 15 is 0 Å². The van der Waals surface area contributed by atoms with E-state index in [1.807, 2.05) is 0 Å². The molecule has 1 aromatic heterocycles. The number of halogens is 1. The molecule has 102 valence electrons. The summed E-state index contributed by atoms with van der Waals surface area (Å²) in [6.07, 6.45) is 1.30. The van der Waals surface area contributed by atoms with E-state index in [0.717, 1.165) is 11.3 Å². The molecule has 0 spiro atoms. The Morgan fingerprint density at radius 2 is 2.00 bits per heavy atom. The SMILES string of the molecule is O=C(N/N=C/c1ccc([N+](=O)[O-])s1)c1ccc(F)cc1. The fourth-order valence-electron chi connectivity index (χ4n) is 1.33. The molecule has 1 aromatic carbocycles. The minimum absolute atomic E-state index is 0.00342. The van der Waals surface area contributed by atoms with Gasteiger partial charge in [-0.2, -0.15) is 5.10 Å². The summed E-state index contributed by atoms with van der Waals surface area (Å²) in [6, 6.07) is 7.87. The maximum Gasteiger partial charge on any atom is 0.324 e. The van der Waals surface area contributed by atoms with Crippen molar-refractivity contribution in [2.45, 2.75) is 0 Å². The van der Waals surface area contributed by atoms with Crippen LogP contribution in [0.2, 0.25) is 0 Å². The maximum absolute atomic E-state index is 12.7. The molecule has 0 saturated heterocycles. The van der Waals surface area contributed by atoms with E-state index in [-0.39, 0.29) is 10.6 Å². The van der Waals surface area contributed by atoms with Crippen molar-refractivity contribution >= 4 is 28.5 Å². The largest absolute Gasteiger partial charge is 0.324 e. The molecule has 1 N–H and O–H groups in total. The Labute approximate surface area is 116 Å². The number of hydrazone groups is 1. The number of nitrogens with one attached hydrogen (secondary N) is 1. The van der Waals surface area contributed by atoms with E-state index in [0.29, 0.717) is 4.88 Å². The number of carbonyl (C=O) groups excluding carboxylic acids is 1. The van der Waals surface area contributed by atoms with Crippen molar-refractivity contribution in [3.8, 4) is 0 Å². The third-order valence-electron chi connectivity index (χ3n) is 2.26. The van der Waals surface area contributed by atoms with E-state index in [2.05, 4.69) is 10.5 Å². The lowest BCUT2D eigenvalue weighted by molar-refractivity contribution is -0.380. The van der Waals surface area contributed by atoms with Gasteiger partial charge in [0.05, 0.1) is 16.0 Å². The average Bonchev–Trinajstić information content (AvgIpc) is 2.88. The van der Waals surface area contributed by atoms with E-state index in [1.54, 1.807) is 0 Å². The van der Waals surface area contributed by atoms with Gasteiger partial charge in [0, 0.05) is 11.6 Å². The first-order valence-electron chi connectivity index (χ1n) is 5.39. The molecule has 0 unspecified atom stereocenters. The lowest BCUT2D eigenvalue weighted by Crippen LogP contribution is -2.17. The fourth-order valence-corrected chi connectivity index (χ4v) is 2.02. The van der Waals surface area contributed by atoms with Gasteiger partial charge >= 0.3 is 5.00 Å². The van der Waals surface area contributed by atoms with Gasteiger partial charge in [0.1, 0.15) is 5.82 Å². The standard InChI is InChI=1S/C12H8FN3O3S/c13-9-3-1-8(2-4-9)12(17)15-14-7-10-5-6-11(20-10)16(18)19/h1-7H,(H,15,17)/b14-7+. The number of amides is 1. The number of rotatable bonds is 4. The zero-order valence-electron chi connectivity index (χ0n) is 9.95. The van der Waals surface area contributed by atoms with Crippen LogP contribution in [-0.4, -0.2) is 17.0 Å². The van der Waals surface area contributed by atoms with Gasteiger partial charge in [-0.15, -0.1) is 0 Å². The van der Waals surface area contributed by atoms with Gasteiger partial charge in [-0.3, -0.25) is 14.9 Å². The van der Waals surface area contributed by atoms with Crippen LogP contribution in [0.5, 0.6) is 0 Å². The molecule has 0 saturated carbocycles. The Kier molecular flexibility index (Phi) is 4.16. The molecule has 2 rings (SSSR count). The molecule has 1 heterocycles. The smallest absolute Gasteiger partial charge is 0.267 e. The van der Waals surface area contributed by atoms with Crippen LogP contribution in [0, 0.1) is 15.9 Å². The lowest BCUT2D eigenvalue weighted by Gasteiger charge is -1.98. The summed E-state index contributed by atoms with van der Waals surface area (Å²) >= 11 is 0.941. The molecular formula is C12H8FN3O3S. The second kappa shape index (κ2) is 6.02. The molecule has 2 aromatic rings. The molecular weight excluding hydrogens is 285 g/mol. The molecule has 0 aliphatic rings. The first kappa shape index (κ1) is 13.8. The molecule has 0 bridgehead atoms. The van der Waals surface area contributed by atoms with Crippen molar-refractivity contribution in [2.24, 2.45) is 5.10 Å². The number of hydrogen-bond donors (Lipinski definition) is 1. The van der Waals surface area contributed by atoms with E-state index in [1.165, 1.54) is 42.6 Å². The Hall–Kier alpha value is -2.61. The summed E-state index contributed by atoms with van der Waals surface area (Å²) in [7, 11) is 0. The first-order valence-corrected chi connectivity index (χ1v) is 6.21. The van der Waals surface area contributed by atoms with Gasteiger partial charge in [-0.25, -0.2) is 9.82 Å². The van der Waals surface area contributed by atoms with Gasteiger partial charge in [0.25, 0.3) is 5.91 Å². The summed E-state index contributed by atoms with van der Waals surface area (Å²) < 4.78 is 12.7. The lowest BCUT2D eigenvalue weighted by atomic mass is 10.2. The molecule has 20 heavy (non-hydrogen) atoms. The highest BCUT2D eigenvalue weighted by molar-refractivity contribution is 7.16. The number of thiophene rings is 1. The van der Waals surface area contributed by atoms with Crippen molar-refractivity contribution in [1.29, 1.82) is 0 Å². The van der Waals surface area contributed by atoms with Crippen molar-refractivity contribution in [2.75, 3.05) is 0 Å². The van der Waals surface area contributed by atoms with Crippen LogP contribution in [0.15, 0.2) is 41.5 Å². The van der Waals surface area contributed by atoms with Crippen LogP contribution in [0.1, 0.15) is 15.2 Å². The highest BCUT2D eigenvalue weighted by Gasteiger charge is 2.08. The van der Waals surface area contributed by atoms with Crippen molar-refractivity contribution in [1.82, 2.24) is 5.43 Å². The topological polar surface area (TPSA) is 84.6 Å². The molecule has 6 nitrogen and oxygen atoms in total. The van der Waals surface area contributed by atoms with Crippen molar-refractivity contribution in [3.05, 3.63) is 62.8 Å². The van der Waals surface area contributed by atoms with Crippen LogP contribution in [0.3, 0.4) is 0 Å². The number of nitrogens with zero attached hydrogens (tertiary/aromatic N) is 2. The molecule has 0 atom stereocenters. The second-order valence-electron chi connectivity index (χ2n) is 3.64. The highest BCUT2D eigenvalue weighted by atomic mass is 32.1. The van der Waals surface area contributed by atoms with E-state index in [9.17, 15) is 19.3 Å². The number of nitro groups is 1. The van der Waals surface area contributed by atoms with E-state index < -0.39 is 16.6 Å². The van der Waals surface area contributed by atoms with Crippen molar-refractivity contribution in [3.63, 3.8) is 0 Å². The average molecular weight is 293 g/mol. The third kappa shape index (κ3) is 3.45. The van der Waals surface area contributed by atoms with Gasteiger partial charge in [-0.1, -0.05) is 11.3 Å². The minimum Gasteiger partial charge on any atom is -0.267 e. The maximum atomic E-state index is 12.7. The summed E-state index contributed by atoms with van der Waals surface area (Å²) in [5, 5.41) is 14.2. The monoisotopic (exact) mass is 293 g/mol. The molecule has 0 aliphatic heterocycles. The van der Waals surface area contributed by atoms with Crippen LogP contribution in [-0.2, 0) is 0 Å². The summed E-state index contributed by atoms with van der Waals surface area (Å²) in [5.74, 6) is -0.928. The highest BCUT2D eigenvalue weighted by Crippen LogP contribution is 2.22. The zero-order valence-corrected chi connectivity index (χ0v) is 10.8. The van der Waals surface area contributed by atoms with Crippen LogP contribution in [0.25, 0.3) is 0 Å². The van der Waals surface area contributed by atoms with Crippen LogP contribution < -0.4 is 5.43 Å². The third-order valence-corrected chi connectivity index (χ3v) is 3.23. The van der Waals surface area contributed by atoms with Crippen LogP contribution in [0.4, 0.5) is 9.39 Å². The second-order valence-corrected chi connectivity index (χ2v) is 4.73. The molecule has 0 aliphatic carbocycles. The normalized spacial score (nSPS) is 10.7.